The molecule has 0 spiro atoms. The molecule has 112 valence electrons. The molecular formula is C16H25BrN2S. The molecule has 0 aliphatic heterocycles. The lowest BCUT2D eigenvalue weighted by Gasteiger charge is -2.52. The van der Waals surface area contributed by atoms with Crippen molar-refractivity contribution in [3.63, 3.8) is 0 Å². The van der Waals surface area contributed by atoms with Gasteiger partial charge in [0.15, 0.2) is 0 Å². The first-order valence-corrected chi connectivity index (χ1v) is 9.82. The summed E-state index contributed by atoms with van der Waals surface area (Å²) in [7, 11) is -0.992. The molecule has 2 heterocycles. The second-order valence-electron chi connectivity index (χ2n) is 6.04. The van der Waals surface area contributed by atoms with Crippen LogP contribution in [0.2, 0.25) is 0 Å². The molecule has 0 aliphatic carbocycles. The molecule has 0 amide bonds. The first-order valence-electron chi connectivity index (χ1n) is 7.25. The Labute approximate surface area is 132 Å². The van der Waals surface area contributed by atoms with E-state index in [1.54, 1.807) is 0 Å². The molecule has 0 unspecified atom stereocenters. The van der Waals surface area contributed by atoms with Crippen molar-refractivity contribution in [3.8, 4) is 0 Å². The number of rotatable bonds is 4. The van der Waals surface area contributed by atoms with E-state index in [1.165, 1.54) is 5.39 Å². The monoisotopic (exact) mass is 356 g/mol. The van der Waals surface area contributed by atoms with Crippen LogP contribution in [0.3, 0.4) is 0 Å². The second-order valence-corrected chi connectivity index (χ2v) is 11.6. The Morgan fingerprint density at radius 1 is 1.00 bits per heavy atom. The number of aromatic nitrogens is 2. The minimum atomic E-state index is -0.992. The molecular weight excluding hydrogens is 332 g/mol. The summed E-state index contributed by atoms with van der Waals surface area (Å²) < 4.78 is 3.62. The SMILES string of the molecule is CC(C)S(C(C)C)(C(C)C)n1ccc2c(Br)ccnc21. The lowest BCUT2D eigenvalue weighted by atomic mass is 10.3. The van der Waals surface area contributed by atoms with Crippen molar-refractivity contribution in [2.75, 3.05) is 0 Å². The lowest BCUT2D eigenvalue weighted by molar-refractivity contribution is 0.912. The Morgan fingerprint density at radius 3 is 2.05 bits per heavy atom. The number of hydrogen-bond acceptors (Lipinski definition) is 1. The van der Waals surface area contributed by atoms with Crippen molar-refractivity contribution < 1.29 is 0 Å². The van der Waals surface area contributed by atoms with E-state index in [4.69, 9.17) is 0 Å². The zero-order chi connectivity index (χ0) is 15.1. The fourth-order valence-corrected chi connectivity index (χ4v) is 9.32. The van der Waals surface area contributed by atoms with Crippen LogP contribution in [0.1, 0.15) is 41.5 Å². The van der Waals surface area contributed by atoms with Gasteiger partial charge in [0.1, 0.15) is 5.65 Å². The Kier molecular flexibility index (Phi) is 4.55. The summed E-state index contributed by atoms with van der Waals surface area (Å²) in [6, 6.07) is 4.21. The largest absolute Gasteiger partial charge is 0.293 e. The summed E-state index contributed by atoms with van der Waals surface area (Å²) in [5, 5.41) is 3.09. The molecule has 0 fully saturated rings. The Bertz CT molecular complexity index is 580. The molecule has 0 aliphatic rings. The molecule has 0 saturated heterocycles. The Morgan fingerprint density at radius 2 is 1.55 bits per heavy atom. The number of nitrogens with zero attached hydrogens (tertiary/aromatic N) is 2. The van der Waals surface area contributed by atoms with Gasteiger partial charge in [-0.3, -0.25) is 3.97 Å². The highest BCUT2D eigenvalue weighted by Gasteiger charge is 2.37. The molecule has 0 saturated carbocycles. The van der Waals surface area contributed by atoms with Gasteiger partial charge >= 0.3 is 0 Å². The van der Waals surface area contributed by atoms with Crippen molar-refractivity contribution >= 4 is 37.2 Å². The van der Waals surface area contributed by atoms with Crippen LogP contribution in [0.5, 0.6) is 0 Å². The van der Waals surface area contributed by atoms with Gasteiger partial charge in [0, 0.05) is 38.0 Å². The lowest BCUT2D eigenvalue weighted by Crippen LogP contribution is -2.33. The average Bonchev–Trinajstić information content (AvgIpc) is 2.74. The third-order valence-electron chi connectivity index (χ3n) is 4.11. The molecule has 2 aromatic rings. The first kappa shape index (κ1) is 15.9. The van der Waals surface area contributed by atoms with Gasteiger partial charge in [-0.25, -0.2) is 4.98 Å². The smallest absolute Gasteiger partial charge is 0.149 e. The highest BCUT2D eigenvalue weighted by Crippen LogP contribution is 2.62. The quantitative estimate of drug-likeness (QED) is 0.697. The molecule has 2 aromatic heterocycles. The van der Waals surface area contributed by atoms with Crippen molar-refractivity contribution in [2.24, 2.45) is 0 Å². The molecule has 20 heavy (non-hydrogen) atoms. The predicted octanol–water partition coefficient (Wildman–Crippen LogP) is 5.59. The first-order chi connectivity index (χ1) is 9.33. The minimum Gasteiger partial charge on any atom is -0.293 e. The third kappa shape index (κ3) is 2.21. The van der Waals surface area contributed by atoms with Gasteiger partial charge in [-0.05, 0) is 28.1 Å². The van der Waals surface area contributed by atoms with Crippen LogP contribution < -0.4 is 0 Å². The predicted molar refractivity (Wildman–Crippen MR) is 95.8 cm³/mol. The van der Waals surface area contributed by atoms with Crippen LogP contribution in [-0.4, -0.2) is 24.7 Å². The maximum atomic E-state index is 4.67. The second kappa shape index (κ2) is 5.72. The van der Waals surface area contributed by atoms with Gasteiger partial charge < -0.3 is 0 Å². The number of fused-ring (bicyclic) bond motifs is 1. The molecule has 4 heteroatoms. The number of hydrogen-bond donors (Lipinski definition) is 0. The molecule has 0 aromatic carbocycles. The summed E-state index contributed by atoms with van der Waals surface area (Å²) in [6.45, 7) is 14.2. The van der Waals surface area contributed by atoms with Crippen molar-refractivity contribution in [2.45, 2.75) is 57.3 Å². The fourth-order valence-electron chi connectivity index (χ4n) is 3.55. The van der Waals surface area contributed by atoms with Crippen molar-refractivity contribution in [3.05, 3.63) is 29.0 Å². The van der Waals surface area contributed by atoms with E-state index < -0.39 is 10.2 Å². The zero-order valence-electron chi connectivity index (χ0n) is 13.2. The van der Waals surface area contributed by atoms with E-state index in [0.717, 1.165) is 10.1 Å². The van der Waals surface area contributed by atoms with Gasteiger partial charge in [0.25, 0.3) is 0 Å². The van der Waals surface area contributed by atoms with E-state index in [9.17, 15) is 0 Å². The van der Waals surface area contributed by atoms with Crippen LogP contribution >= 0.6 is 26.1 Å². The number of halogens is 1. The minimum absolute atomic E-state index is 0.624. The maximum absolute atomic E-state index is 4.67. The average molecular weight is 357 g/mol. The standard InChI is InChI=1S/C16H25BrN2S/c1-11(2)20(12(3)4,13(5)6)19-10-8-14-15(17)7-9-18-16(14)19/h7-13H,1-6H3. The van der Waals surface area contributed by atoms with Gasteiger partial charge in [0.2, 0.25) is 0 Å². The summed E-state index contributed by atoms with van der Waals surface area (Å²) >= 11 is 3.64. The summed E-state index contributed by atoms with van der Waals surface area (Å²) in [5.74, 6) is 0. The van der Waals surface area contributed by atoms with Crippen LogP contribution in [0.25, 0.3) is 11.0 Å². The van der Waals surface area contributed by atoms with Gasteiger partial charge in [0.05, 0.1) is 0 Å². The molecule has 0 atom stereocenters. The Hall–Kier alpha value is -0.480. The van der Waals surface area contributed by atoms with Crippen LogP contribution in [0.4, 0.5) is 0 Å². The molecule has 2 nitrogen and oxygen atoms in total. The van der Waals surface area contributed by atoms with Gasteiger partial charge in [-0.15, -0.1) is 0 Å². The maximum Gasteiger partial charge on any atom is 0.149 e. The fraction of sp³-hybridized carbons (Fsp3) is 0.562. The van der Waals surface area contributed by atoms with Gasteiger partial charge in [-0.2, -0.15) is 10.2 Å². The van der Waals surface area contributed by atoms with E-state index >= 15 is 0 Å². The molecule has 0 radical (unpaired) electrons. The highest BCUT2D eigenvalue weighted by atomic mass is 79.9. The van der Waals surface area contributed by atoms with E-state index in [-0.39, 0.29) is 0 Å². The molecule has 0 N–H and O–H groups in total. The van der Waals surface area contributed by atoms with Crippen molar-refractivity contribution in [1.82, 2.24) is 8.96 Å². The summed E-state index contributed by atoms with van der Waals surface area (Å²) in [6.07, 6.45) is 4.14. The third-order valence-corrected chi connectivity index (χ3v) is 10.3. The van der Waals surface area contributed by atoms with Gasteiger partial charge in [-0.1, -0.05) is 41.5 Å². The van der Waals surface area contributed by atoms with Crippen LogP contribution in [0, 0.1) is 0 Å². The van der Waals surface area contributed by atoms with Crippen LogP contribution in [-0.2, 0) is 0 Å². The van der Waals surface area contributed by atoms with Crippen LogP contribution in [0.15, 0.2) is 29.0 Å². The summed E-state index contributed by atoms with van der Waals surface area (Å²) in [5.41, 5.74) is 1.12. The van der Waals surface area contributed by atoms with E-state index in [2.05, 4.69) is 78.7 Å². The van der Waals surface area contributed by atoms with E-state index in [1.807, 2.05) is 12.3 Å². The normalized spacial score (nSPS) is 13.9. The summed E-state index contributed by atoms with van der Waals surface area (Å²) in [4.78, 5) is 4.67. The zero-order valence-corrected chi connectivity index (χ0v) is 15.6. The molecule has 2 rings (SSSR count). The topological polar surface area (TPSA) is 17.8 Å². The molecule has 0 bridgehead atoms. The highest BCUT2D eigenvalue weighted by molar-refractivity contribution is 9.10. The van der Waals surface area contributed by atoms with Crippen molar-refractivity contribution in [1.29, 1.82) is 0 Å². The number of pyridine rings is 1. The Balaban J connectivity index is 2.79. The van der Waals surface area contributed by atoms with E-state index in [0.29, 0.717) is 15.7 Å².